The van der Waals surface area contributed by atoms with Gasteiger partial charge in [-0.15, -0.1) is 0 Å². The summed E-state index contributed by atoms with van der Waals surface area (Å²) in [6.07, 6.45) is 0. The van der Waals surface area contributed by atoms with Crippen molar-refractivity contribution in [3.05, 3.63) is 65.5 Å². The van der Waals surface area contributed by atoms with Crippen molar-refractivity contribution in [2.75, 3.05) is 19.7 Å². The summed E-state index contributed by atoms with van der Waals surface area (Å²) in [5, 5.41) is 9.87. The maximum atomic E-state index is 14.4. The van der Waals surface area contributed by atoms with Crippen LogP contribution >= 0.6 is 0 Å². The molecule has 4 rings (SSSR count). The van der Waals surface area contributed by atoms with Crippen molar-refractivity contribution in [3.63, 3.8) is 0 Å². The molecule has 0 aliphatic carbocycles. The van der Waals surface area contributed by atoms with Gasteiger partial charge >= 0.3 is 5.97 Å². The Labute approximate surface area is 139 Å². The molecule has 2 aromatic rings. The smallest absolute Gasteiger partial charge is 0.315 e. The highest BCUT2D eigenvalue weighted by atomic mass is 19.1. The van der Waals surface area contributed by atoms with E-state index in [4.69, 9.17) is 4.74 Å². The SMILES string of the molecule is O=C(O)[C@]12COc3cccc(F)c3[C@H]1CN(Cc1ccccc1)C2. The third-order valence-electron chi connectivity index (χ3n) is 5.14. The molecule has 1 N–H and O–H groups in total. The molecule has 2 atom stereocenters. The van der Waals surface area contributed by atoms with Crippen LogP contribution in [-0.2, 0) is 11.3 Å². The number of carboxylic acid groups (broad SMARTS) is 1. The summed E-state index contributed by atoms with van der Waals surface area (Å²) in [5.41, 5.74) is 0.428. The van der Waals surface area contributed by atoms with Gasteiger partial charge in [0.2, 0.25) is 0 Å². The Balaban J connectivity index is 1.70. The Morgan fingerprint density at radius 1 is 1.25 bits per heavy atom. The van der Waals surface area contributed by atoms with Gasteiger partial charge in [0.05, 0.1) is 0 Å². The van der Waals surface area contributed by atoms with E-state index in [9.17, 15) is 14.3 Å². The second-order valence-electron chi connectivity index (χ2n) is 6.61. The molecule has 2 aromatic carbocycles. The minimum Gasteiger partial charge on any atom is -0.492 e. The summed E-state index contributed by atoms with van der Waals surface area (Å²) in [6, 6.07) is 14.6. The normalized spacial score (nSPS) is 25.6. The molecule has 0 radical (unpaired) electrons. The van der Waals surface area contributed by atoms with E-state index in [-0.39, 0.29) is 12.4 Å². The maximum absolute atomic E-state index is 14.4. The van der Waals surface area contributed by atoms with Gasteiger partial charge < -0.3 is 9.84 Å². The Morgan fingerprint density at radius 3 is 2.79 bits per heavy atom. The quantitative estimate of drug-likeness (QED) is 0.942. The highest BCUT2D eigenvalue weighted by molar-refractivity contribution is 5.78. The van der Waals surface area contributed by atoms with E-state index < -0.39 is 17.3 Å². The van der Waals surface area contributed by atoms with E-state index in [0.29, 0.717) is 30.9 Å². The third-order valence-corrected chi connectivity index (χ3v) is 5.14. The minimum absolute atomic E-state index is 0.0781. The average molecular weight is 327 g/mol. The van der Waals surface area contributed by atoms with Crippen LogP contribution < -0.4 is 4.74 Å². The van der Waals surface area contributed by atoms with Crippen molar-refractivity contribution >= 4 is 5.97 Å². The zero-order valence-electron chi connectivity index (χ0n) is 13.1. The second kappa shape index (κ2) is 5.60. The standard InChI is InChI=1S/C19H18FNO3/c20-15-7-4-8-16-17(15)14-10-21(9-13-5-2-1-3-6-13)11-19(14,12-24-16)18(22)23/h1-8,14H,9-12H2,(H,22,23)/t14-,19-/m1/s1. The van der Waals surface area contributed by atoms with E-state index in [1.54, 1.807) is 12.1 Å². The van der Waals surface area contributed by atoms with Crippen LogP contribution in [0.5, 0.6) is 5.75 Å². The topological polar surface area (TPSA) is 49.8 Å². The first-order valence-electron chi connectivity index (χ1n) is 8.01. The van der Waals surface area contributed by atoms with Gasteiger partial charge in [-0.3, -0.25) is 9.69 Å². The lowest BCUT2D eigenvalue weighted by atomic mass is 9.73. The number of carboxylic acids is 1. The van der Waals surface area contributed by atoms with E-state index in [1.807, 2.05) is 30.3 Å². The molecule has 0 aromatic heterocycles. The summed E-state index contributed by atoms with van der Waals surface area (Å²) in [7, 11) is 0. The first kappa shape index (κ1) is 15.1. The van der Waals surface area contributed by atoms with Crippen molar-refractivity contribution < 1.29 is 19.0 Å². The fraction of sp³-hybridized carbons (Fsp3) is 0.316. The van der Waals surface area contributed by atoms with Crippen LogP contribution in [0.15, 0.2) is 48.5 Å². The highest BCUT2D eigenvalue weighted by Crippen LogP contribution is 2.50. The number of fused-ring (bicyclic) bond motifs is 3. The van der Waals surface area contributed by atoms with Crippen LogP contribution in [0.4, 0.5) is 4.39 Å². The number of ether oxygens (including phenoxy) is 1. The van der Waals surface area contributed by atoms with Crippen molar-refractivity contribution in [1.82, 2.24) is 4.90 Å². The molecule has 2 heterocycles. The van der Waals surface area contributed by atoms with Gasteiger partial charge in [-0.05, 0) is 17.7 Å². The molecule has 124 valence electrons. The number of aliphatic carboxylic acids is 1. The lowest BCUT2D eigenvalue weighted by Crippen LogP contribution is -2.46. The molecule has 1 fully saturated rings. The Kier molecular flexibility index (Phi) is 3.53. The molecule has 5 heteroatoms. The molecule has 0 spiro atoms. The number of carbonyl (C=O) groups is 1. The van der Waals surface area contributed by atoms with Crippen molar-refractivity contribution in [2.45, 2.75) is 12.5 Å². The molecular formula is C19H18FNO3. The van der Waals surface area contributed by atoms with E-state index in [2.05, 4.69) is 4.90 Å². The Morgan fingerprint density at radius 2 is 2.04 bits per heavy atom. The van der Waals surface area contributed by atoms with Crippen LogP contribution in [0, 0.1) is 11.2 Å². The zero-order valence-corrected chi connectivity index (χ0v) is 13.1. The van der Waals surface area contributed by atoms with Crippen LogP contribution in [0.25, 0.3) is 0 Å². The fourth-order valence-electron chi connectivity index (χ4n) is 3.95. The maximum Gasteiger partial charge on any atom is 0.315 e. The van der Waals surface area contributed by atoms with Crippen molar-refractivity contribution in [2.24, 2.45) is 5.41 Å². The number of likely N-dealkylation sites (tertiary alicyclic amines) is 1. The van der Waals surface area contributed by atoms with Gasteiger partial charge in [0.1, 0.15) is 23.6 Å². The number of rotatable bonds is 3. The Hall–Kier alpha value is -2.40. The van der Waals surface area contributed by atoms with Gasteiger partial charge in [-0.25, -0.2) is 4.39 Å². The number of benzene rings is 2. The molecule has 4 nitrogen and oxygen atoms in total. The first-order chi connectivity index (χ1) is 11.6. The number of halogens is 1. The van der Waals surface area contributed by atoms with Gasteiger partial charge in [-0.2, -0.15) is 0 Å². The molecule has 2 aliphatic heterocycles. The summed E-state index contributed by atoms with van der Waals surface area (Å²) in [5.74, 6) is -1.23. The van der Waals surface area contributed by atoms with Gasteiger partial charge in [-0.1, -0.05) is 36.4 Å². The van der Waals surface area contributed by atoms with E-state index in [0.717, 1.165) is 5.56 Å². The molecule has 2 aliphatic rings. The molecule has 24 heavy (non-hydrogen) atoms. The van der Waals surface area contributed by atoms with Gasteiger partial charge in [0, 0.05) is 31.1 Å². The third kappa shape index (κ3) is 2.27. The molecule has 0 saturated carbocycles. The van der Waals surface area contributed by atoms with Gasteiger partial charge in [0.15, 0.2) is 0 Å². The second-order valence-corrected chi connectivity index (χ2v) is 6.61. The van der Waals surface area contributed by atoms with Crippen LogP contribution in [0.3, 0.4) is 0 Å². The molecule has 0 bridgehead atoms. The minimum atomic E-state index is -1.09. The predicted molar refractivity (Wildman–Crippen MR) is 86.4 cm³/mol. The molecule has 0 amide bonds. The lowest BCUT2D eigenvalue weighted by molar-refractivity contribution is -0.152. The molecule has 0 unspecified atom stereocenters. The fourth-order valence-corrected chi connectivity index (χ4v) is 3.95. The summed E-state index contributed by atoms with van der Waals surface area (Å²) in [4.78, 5) is 14.1. The van der Waals surface area contributed by atoms with Crippen LogP contribution in [-0.4, -0.2) is 35.7 Å². The lowest BCUT2D eigenvalue weighted by Gasteiger charge is -2.36. The van der Waals surface area contributed by atoms with Crippen LogP contribution in [0.2, 0.25) is 0 Å². The first-order valence-corrected chi connectivity index (χ1v) is 8.01. The molecular weight excluding hydrogens is 309 g/mol. The predicted octanol–water partition coefficient (Wildman–Crippen LogP) is 2.89. The van der Waals surface area contributed by atoms with Crippen molar-refractivity contribution in [3.8, 4) is 5.75 Å². The number of hydrogen-bond donors (Lipinski definition) is 1. The van der Waals surface area contributed by atoms with Crippen molar-refractivity contribution in [1.29, 1.82) is 0 Å². The number of nitrogens with zero attached hydrogens (tertiary/aromatic N) is 1. The monoisotopic (exact) mass is 327 g/mol. The van der Waals surface area contributed by atoms with E-state index in [1.165, 1.54) is 6.07 Å². The Bertz CT molecular complexity index is 779. The number of hydrogen-bond acceptors (Lipinski definition) is 3. The largest absolute Gasteiger partial charge is 0.492 e. The molecule has 1 saturated heterocycles. The van der Waals surface area contributed by atoms with Gasteiger partial charge in [0.25, 0.3) is 0 Å². The average Bonchev–Trinajstić information content (AvgIpc) is 2.95. The van der Waals surface area contributed by atoms with Crippen LogP contribution in [0.1, 0.15) is 17.0 Å². The summed E-state index contributed by atoms with van der Waals surface area (Å²) < 4.78 is 20.0. The highest BCUT2D eigenvalue weighted by Gasteiger charge is 2.57. The summed E-state index contributed by atoms with van der Waals surface area (Å²) in [6.45, 7) is 1.60. The summed E-state index contributed by atoms with van der Waals surface area (Å²) >= 11 is 0. The zero-order chi connectivity index (χ0) is 16.7. The van der Waals surface area contributed by atoms with E-state index >= 15 is 0 Å².